The summed E-state index contributed by atoms with van der Waals surface area (Å²) in [5.41, 5.74) is 1.92. The maximum Gasteiger partial charge on any atom is 0.255 e. The predicted octanol–water partition coefficient (Wildman–Crippen LogP) is 3.33. The molecule has 0 unspecified atom stereocenters. The van der Waals surface area contributed by atoms with Gasteiger partial charge in [0, 0.05) is 28.6 Å². The number of halogens is 1. The zero-order chi connectivity index (χ0) is 16.0. The van der Waals surface area contributed by atoms with Crippen molar-refractivity contribution in [2.24, 2.45) is 5.92 Å². The average molecular weight is 335 g/mol. The maximum absolute atomic E-state index is 13.5. The first kappa shape index (κ1) is 15.3. The lowest BCUT2D eigenvalue weighted by Crippen LogP contribution is -2.30. The number of amides is 1. The van der Waals surface area contributed by atoms with Crippen LogP contribution < -0.4 is 0 Å². The number of hydrogen-bond acceptors (Lipinski definition) is 3. The second-order valence-electron chi connectivity index (χ2n) is 7.06. The zero-order valence-electron chi connectivity index (χ0n) is 13.3. The summed E-state index contributed by atoms with van der Waals surface area (Å²) in [6.45, 7) is 0.708. The molecule has 2 heterocycles. The number of fused-ring (bicyclic) bond motifs is 1. The lowest BCUT2D eigenvalue weighted by atomic mass is 9.93. The number of likely N-dealkylation sites (tertiary alicyclic amines) is 1. The highest BCUT2D eigenvalue weighted by atomic mass is 32.1. The van der Waals surface area contributed by atoms with Gasteiger partial charge in [-0.15, -0.1) is 11.3 Å². The molecule has 0 spiro atoms. The van der Waals surface area contributed by atoms with E-state index in [1.54, 1.807) is 16.2 Å². The van der Waals surface area contributed by atoms with E-state index in [1.165, 1.54) is 4.88 Å². The molecule has 1 atom stereocenters. The molecule has 0 radical (unpaired) electrons. The summed E-state index contributed by atoms with van der Waals surface area (Å²) < 4.78 is 13.5. The van der Waals surface area contributed by atoms with Gasteiger partial charge in [-0.1, -0.05) is 0 Å². The van der Waals surface area contributed by atoms with Gasteiger partial charge in [-0.3, -0.25) is 9.59 Å². The van der Waals surface area contributed by atoms with Gasteiger partial charge in [0.25, 0.3) is 5.91 Å². The molecule has 1 aromatic heterocycles. The minimum atomic E-state index is -0.898. The summed E-state index contributed by atoms with van der Waals surface area (Å²) in [5.74, 6) is 0.463. The number of thiophene rings is 1. The molecule has 23 heavy (non-hydrogen) atoms. The molecule has 3 nitrogen and oxygen atoms in total. The molecular weight excluding hydrogens is 313 g/mol. The van der Waals surface area contributed by atoms with Crippen molar-refractivity contribution in [3.8, 4) is 0 Å². The minimum absolute atomic E-state index is 0.0388. The van der Waals surface area contributed by atoms with E-state index >= 15 is 0 Å². The van der Waals surface area contributed by atoms with Gasteiger partial charge in [0.2, 0.25) is 0 Å². The summed E-state index contributed by atoms with van der Waals surface area (Å²) in [6.07, 6.45) is 6.15. The summed E-state index contributed by atoms with van der Waals surface area (Å²) in [4.78, 5) is 29.1. The van der Waals surface area contributed by atoms with Crippen LogP contribution in [0.5, 0.6) is 0 Å². The van der Waals surface area contributed by atoms with Crippen LogP contribution in [-0.2, 0) is 24.1 Å². The summed E-state index contributed by atoms with van der Waals surface area (Å²) in [6, 6.07) is 0. The normalized spacial score (nSPS) is 23.9. The summed E-state index contributed by atoms with van der Waals surface area (Å²) in [5, 5.41) is 0. The van der Waals surface area contributed by atoms with Gasteiger partial charge in [-0.05, 0) is 50.5 Å². The Hall–Kier alpha value is -1.23. The monoisotopic (exact) mass is 335 g/mol. The summed E-state index contributed by atoms with van der Waals surface area (Å²) in [7, 11) is 0. The molecule has 2 fully saturated rings. The van der Waals surface area contributed by atoms with Crippen molar-refractivity contribution in [2.45, 2.75) is 57.5 Å². The SMILES string of the molecule is O=C(Cc1sc2c(c1C(=O)N1CC[C@@H](F)C1)CCCC2)C1CC1. The molecule has 5 heteroatoms. The van der Waals surface area contributed by atoms with Crippen molar-refractivity contribution in [3.05, 3.63) is 20.9 Å². The van der Waals surface area contributed by atoms with Crippen molar-refractivity contribution in [2.75, 3.05) is 13.1 Å². The van der Waals surface area contributed by atoms with Crippen molar-refractivity contribution in [1.29, 1.82) is 0 Å². The molecule has 4 rings (SSSR count). The molecule has 1 saturated heterocycles. The second kappa shape index (κ2) is 6.00. The first-order valence-electron chi connectivity index (χ1n) is 8.73. The molecular formula is C18H22FNO2S. The number of ketones is 1. The fourth-order valence-corrected chi connectivity index (χ4v) is 5.16. The highest BCUT2D eigenvalue weighted by Gasteiger charge is 2.35. The van der Waals surface area contributed by atoms with Crippen molar-refractivity contribution >= 4 is 23.0 Å². The van der Waals surface area contributed by atoms with Gasteiger partial charge in [-0.2, -0.15) is 0 Å². The molecule has 2 aliphatic carbocycles. The molecule has 1 saturated carbocycles. The van der Waals surface area contributed by atoms with Gasteiger partial charge < -0.3 is 4.90 Å². The van der Waals surface area contributed by atoms with Gasteiger partial charge >= 0.3 is 0 Å². The molecule has 3 aliphatic rings. The van der Waals surface area contributed by atoms with Crippen LogP contribution in [-0.4, -0.2) is 35.9 Å². The number of Topliss-reactive ketones (excluding diaryl/α,β-unsaturated/α-hetero) is 1. The number of alkyl halides is 1. The predicted molar refractivity (Wildman–Crippen MR) is 87.8 cm³/mol. The highest BCUT2D eigenvalue weighted by Crippen LogP contribution is 2.38. The molecule has 1 amide bonds. The van der Waals surface area contributed by atoms with E-state index in [0.29, 0.717) is 19.4 Å². The van der Waals surface area contributed by atoms with Crippen LogP contribution in [0.1, 0.15) is 57.8 Å². The van der Waals surface area contributed by atoms with Crippen molar-refractivity contribution in [1.82, 2.24) is 4.90 Å². The molecule has 0 N–H and O–H groups in total. The Balaban J connectivity index is 1.65. The third-order valence-electron chi connectivity index (χ3n) is 5.24. The van der Waals surface area contributed by atoms with E-state index in [4.69, 9.17) is 0 Å². The van der Waals surface area contributed by atoms with Crippen molar-refractivity contribution in [3.63, 3.8) is 0 Å². The van der Waals surface area contributed by atoms with Gasteiger partial charge in [0.05, 0.1) is 12.1 Å². The molecule has 1 aliphatic heterocycles. The summed E-state index contributed by atoms with van der Waals surface area (Å²) >= 11 is 1.66. The van der Waals surface area contributed by atoms with E-state index in [-0.39, 0.29) is 24.2 Å². The van der Waals surface area contributed by atoms with Crippen molar-refractivity contribution < 1.29 is 14.0 Å². The lowest BCUT2D eigenvalue weighted by Gasteiger charge is -2.18. The Morgan fingerprint density at radius 3 is 2.65 bits per heavy atom. The van der Waals surface area contributed by atoms with Crippen LogP contribution in [0.25, 0.3) is 0 Å². The Labute approximate surface area is 139 Å². The lowest BCUT2D eigenvalue weighted by molar-refractivity contribution is -0.119. The van der Waals surface area contributed by atoms with E-state index in [9.17, 15) is 14.0 Å². The quantitative estimate of drug-likeness (QED) is 0.846. The maximum atomic E-state index is 13.5. The van der Waals surface area contributed by atoms with Crippen LogP contribution in [0.3, 0.4) is 0 Å². The number of carbonyl (C=O) groups is 2. The van der Waals surface area contributed by atoms with Crippen LogP contribution in [0.4, 0.5) is 4.39 Å². The van der Waals surface area contributed by atoms with Crippen LogP contribution in [0.2, 0.25) is 0 Å². The molecule has 0 bridgehead atoms. The smallest absolute Gasteiger partial charge is 0.255 e. The van der Waals surface area contributed by atoms with Gasteiger partial charge in [-0.25, -0.2) is 4.39 Å². The van der Waals surface area contributed by atoms with E-state index < -0.39 is 6.17 Å². The first-order valence-corrected chi connectivity index (χ1v) is 9.54. The van der Waals surface area contributed by atoms with Crippen LogP contribution in [0, 0.1) is 5.92 Å². The Morgan fingerprint density at radius 1 is 1.17 bits per heavy atom. The van der Waals surface area contributed by atoms with Crippen LogP contribution >= 0.6 is 11.3 Å². The highest BCUT2D eigenvalue weighted by molar-refractivity contribution is 7.12. The van der Waals surface area contributed by atoms with Crippen LogP contribution in [0.15, 0.2) is 0 Å². The van der Waals surface area contributed by atoms with E-state index in [1.807, 2.05) is 0 Å². The van der Waals surface area contributed by atoms with Gasteiger partial charge in [0.1, 0.15) is 12.0 Å². The minimum Gasteiger partial charge on any atom is -0.336 e. The number of aryl methyl sites for hydroxylation is 1. The third kappa shape index (κ3) is 2.95. The zero-order valence-corrected chi connectivity index (χ0v) is 14.1. The topological polar surface area (TPSA) is 37.4 Å². The Morgan fingerprint density at radius 2 is 1.96 bits per heavy atom. The number of hydrogen-bond donors (Lipinski definition) is 0. The van der Waals surface area contributed by atoms with E-state index in [2.05, 4.69) is 0 Å². The Bertz CT molecular complexity index is 650. The second-order valence-corrected chi connectivity index (χ2v) is 8.25. The number of rotatable bonds is 4. The van der Waals surface area contributed by atoms with Gasteiger partial charge in [0.15, 0.2) is 0 Å². The standard InChI is InChI=1S/C18H22FNO2S/c19-12-7-8-20(10-12)18(22)17-13-3-1-2-4-15(13)23-16(17)9-14(21)11-5-6-11/h11-12H,1-10H2/t12-/m1/s1. The number of nitrogens with zero attached hydrogens (tertiary/aromatic N) is 1. The fraction of sp³-hybridized carbons (Fsp3) is 0.667. The fourth-order valence-electron chi connectivity index (χ4n) is 3.76. The first-order chi connectivity index (χ1) is 11.1. The molecule has 124 valence electrons. The Kier molecular flexibility index (Phi) is 4.00. The average Bonchev–Trinajstić information content (AvgIpc) is 3.21. The largest absolute Gasteiger partial charge is 0.336 e. The number of carbonyl (C=O) groups excluding carboxylic acids is 2. The molecule has 0 aromatic carbocycles. The third-order valence-corrected chi connectivity index (χ3v) is 6.54. The van der Waals surface area contributed by atoms with E-state index in [0.717, 1.165) is 54.5 Å². The molecule has 1 aromatic rings.